The number of nitrogens with zero attached hydrogens (tertiary/aromatic N) is 1. The molecule has 2 heteroatoms. The Morgan fingerprint density at radius 1 is 1.36 bits per heavy atom. The van der Waals surface area contributed by atoms with Crippen LogP contribution in [0.25, 0.3) is 4.84 Å². The first kappa shape index (κ1) is 8.13. The van der Waals surface area contributed by atoms with Crippen LogP contribution in [0.1, 0.15) is 11.6 Å². The Balaban J connectivity index is 2.85. The molecule has 0 amide bonds. The molecule has 0 saturated heterocycles. The van der Waals surface area contributed by atoms with E-state index in [1.807, 2.05) is 30.3 Å². The third-order valence-corrected chi connectivity index (χ3v) is 1.57. The van der Waals surface area contributed by atoms with Crippen LogP contribution in [0.5, 0.6) is 0 Å². The molecule has 56 valence electrons. The predicted molar refractivity (Wildman–Crippen MR) is 47.2 cm³/mol. The van der Waals surface area contributed by atoms with Crippen molar-refractivity contribution in [2.45, 2.75) is 6.04 Å². The lowest BCUT2D eigenvalue weighted by Gasteiger charge is -2.19. The van der Waals surface area contributed by atoms with Crippen molar-refractivity contribution in [3.8, 4) is 12.3 Å². The van der Waals surface area contributed by atoms with Crippen molar-refractivity contribution in [1.82, 2.24) is 0 Å². The van der Waals surface area contributed by atoms with E-state index in [-0.39, 0.29) is 6.04 Å². The fourth-order valence-corrected chi connectivity index (χ4v) is 0.985. The summed E-state index contributed by atoms with van der Waals surface area (Å²) in [6, 6.07) is 9.21. The highest BCUT2D eigenvalue weighted by molar-refractivity contribution is 6.25. The van der Waals surface area contributed by atoms with Gasteiger partial charge in [-0.1, -0.05) is 35.9 Å². The van der Waals surface area contributed by atoms with Crippen LogP contribution < -0.4 is 0 Å². The van der Waals surface area contributed by atoms with Gasteiger partial charge < -0.3 is 4.84 Å². The Morgan fingerprint density at radius 2 is 2.00 bits per heavy atom. The number of hydrogen-bond acceptors (Lipinski definition) is 0. The van der Waals surface area contributed by atoms with Crippen LogP contribution in [-0.4, -0.2) is 0 Å². The summed E-state index contributed by atoms with van der Waals surface area (Å²) in [6.07, 6.45) is 5.19. The van der Waals surface area contributed by atoms with Gasteiger partial charge in [0.05, 0.1) is 0 Å². The maximum absolute atomic E-state index is 5.28. The minimum absolute atomic E-state index is 0.321. The molecule has 0 heterocycles. The van der Waals surface area contributed by atoms with E-state index < -0.39 is 0 Å². The van der Waals surface area contributed by atoms with Crippen molar-refractivity contribution in [3.05, 3.63) is 40.7 Å². The molecular formula is C9H7ClN-. The van der Waals surface area contributed by atoms with Crippen molar-refractivity contribution in [2.75, 3.05) is 0 Å². The summed E-state index contributed by atoms with van der Waals surface area (Å²) >= 11 is 5.28. The molecule has 0 aromatic heterocycles. The monoisotopic (exact) mass is 164 g/mol. The van der Waals surface area contributed by atoms with Gasteiger partial charge in [-0.3, -0.25) is 11.8 Å². The molecule has 1 nitrogen and oxygen atoms in total. The van der Waals surface area contributed by atoms with E-state index in [4.69, 9.17) is 18.2 Å². The molecule has 0 aliphatic carbocycles. The first-order valence-corrected chi connectivity index (χ1v) is 3.54. The van der Waals surface area contributed by atoms with E-state index in [1.54, 1.807) is 0 Å². The van der Waals surface area contributed by atoms with Gasteiger partial charge in [-0.15, -0.1) is 12.3 Å². The first-order chi connectivity index (χ1) is 5.38. The molecule has 0 radical (unpaired) electrons. The molecule has 0 aliphatic rings. The number of benzene rings is 1. The van der Waals surface area contributed by atoms with E-state index in [1.165, 1.54) is 0 Å². The second-order valence-electron chi connectivity index (χ2n) is 2.08. The maximum atomic E-state index is 5.28. The quantitative estimate of drug-likeness (QED) is 0.597. The summed E-state index contributed by atoms with van der Waals surface area (Å²) in [5.74, 6) is 2.47. The number of halogens is 1. The van der Waals surface area contributed by atoms with Crippen molar-refractivity contribution >= 4 is 11.8 Å². The van der Waals surface area contributed by atoms with E-state index in [0.717, 1.165) is 5.56 Å². The predicted octanol–water partition coefficient (Wildman–Crippen LogP) is 2.89. The third-order valence-electron chi connectivity index (χ3n) is 1.37. The molecule has 11 heavy (non-hydrogen) atoms. The van der Waals surface area contributed by atoms with Crippen LogP contribution in [0.2, 0.25) is 0 Å². The molecule has 1 atom stereocenters. The Bertz CT molecular complexity index is 250. The summed E-state index contributed by atoms with van der Waals surface area (Å²) in [7, 11) is 0. The molecule has 0 N–H and O–H groups in total. The standard InChI is InChI=1S/C9H7ClN/c1-2-9(11-10)8-6-4-3-5-7-8/h1,3-7,9H/q-1. The summed E-state index contributed by atoms with van der Waals surface area (Å²) in [6.45, 7) is 0. The highest BCUT2D eigenvalue weighted by Gasteiger charge is 1.93. The van der Waals surface area contributed by atoms with E-state index in [2.05, 4.69) is 10.8 Å². The molecule has 1 aromatic carbocycles. The number of rotatable bonds is 2. The van der Waals surface area contributed by atoms with Crippen LogP contribution in [0, 0.1) is 12.3 Å². The second-order valence-corrected chi connectivity index (χ2v) is 2.27. The molecule has 0 fully saturated rings. The molecule has 0 saturated carbocycles. The normalized spacial score (nSPS) is 12.0. The van der Waals surface area contributed by atoms with Crippen molar-refractivity contribution in [3.63, 3.8) is 0 Å². The molecule has 0 spiro atoms. The molecule has 1 aromatic rings. The van der Waals surface area contributed by atoms with Gasteiger partial charge in [0.2, 0.25) is 0 Å². The van der Waals surface area contributed by atoms with Gasteiger partial charge in [-0.25, -0.2) is 0 Å². The van der Waals surface area contributed by atoms with E-state index >= 15 is 0 Å². The summed E-state index contributed by atoms with van der Waals surface area (Å²) in [5.41, 5.74) is 0.949. The molecule has 1 unspecified atom stereocenters. The average molecular weight is 165 g/mol. The fraction of sp³-hybridized carbons (Fsp3) is 0.111. The third kappa shape index (κ3) is 1.98. The van der Waals surface area contributed by atoms with Crippen LogP contribution in [0.4, 0.5) is 0 Å². The molecule has 0 bridgehead atoms. The minimum atomic E-state index is -0.321. The smallest absolute Gasteiger partial charge is 0.0351 e. The van der Waals surface area contributed by atoms with Crippen molar-refractivity contribution < 1.29 is 0 Å². The highest BCUT2D eigenvalue weighted by atomic mass is 35.5. The molecule has 1 rings (SSSR count). The summed E-state index contributed by atoms with van der Waals surface area (Å²) in [5, 5.41) is 0. The maximum Gasteiger partial charge on any atom is -0.0351 e. The zero-order valence-electron chi connectivity index (χ0n) is 5.87. The van der Waals surface area contributed by atoms with Crippen molar-refractivity contribution in [1.29, 1.82) is 0 Å². The minimum Gasteiger partial charge on any atom is -0.558 e. The Hall–Kier alpha value is -0.970. The Morgan fingerprint density at radius 3 is 2.45 bits per heavy atom. The average Bonchev–Trinajstić information content (AvgIpc) is 2.09. The Labute approximate surface area is 71.5 Å². The van der Waals surface area contributed by atoms with Crippen LogP contribution in [0.15, 0.2) is 30.3 Å². The first-order valence-electron chi connectivity index (χ1n) is 3.20. The Kier molecular flexibility index (Phi) is 2.97. The lowest BCUT2D eigenvalue weighted by atomic mass is 10.1. The molecular weight excluding hydrogens is 158 g/mol. The zero-order valence-corrected chi connectivity index (χ0v) is 6.62. The lowest BCUT2D eigenvalue weighted by Crippen LogP contribution is -1.88. The number of terminal acetylenes is 1. The van der Waals surface area contributed by atoms with E-state index in [9.17, 15) is 0 Å². The second kappa shape index (κ2) is 4.02. The van der Waals surface area contributed by atoms with Gasteiger partial charge >= 0.3 is 0 Å². The van der Waals surface area contributed by atoms with Gasteiger partial charge in [0, 0.05) is 0 Å². The van der Waals surface area contributed by atoms with Crippen LogP contribution in [0.3, 0.4) is 0 Å². The molecule has 0 aliphatic heterocycles. The van der Waals surface area contributed by atoms with Gasteiger partial charge in [-0.05, 0) is 6.04 Å². The topological polar surface area (TPSA) is 14.1 Å². The summed E-state index contributed by atoms with van der Waals surface area (Å²) < 4.78 is 0. The van der Waals surface area contributed by atoms with Gasteiger partial charge in [-0.2, -0.15) is 0 Å². The largest absolute Gasteiger partial charge is 0.558 e. The van der Waals surface area contributed by atoms with Gasteiger partial charge in [0.1, 0.15) is 0 Å². The van der Waals surface area contributed by atoms with E-state index in [0.29, 0.717) is 0 Å². The van der Waals surface area contributed by atoms with Gasteiger partial charge in [0.15, 0.2) is 0 Å². The van der Waals surface area contributed by atoms with Crippen LogP contribution in [-0.2, 0) is 0 Å². The number of hydrogen-bond donors (Lipinski definition) is 0. The summed E-state index contributed by atoms with van der Waals surface area (Å²) in [4.78, 5) is 3.51. The van der Waals surface area contributed by atoms with Crippen LogP contribution >= 0.6 is 11.8 Å². The van der Waals surface area contributed by atoms with Crippen molar-refractivity contribution in [2.24, 2.45) is 0 Å². The zero-order chi connectivity index (χ0) is 8.10. The highest BCUT2D eigenvalue weighted by Crippen LogP contribution is 2.22. The fourth-order valence-electron chi connectivity index (χ4n) is 0.816. The SMILES string of the molecule is C#CC([N-]Cl)c1ccccc1. The van der Waals surface area contributed by atoms with Gasteiger partial charge in [0.25, 0.3) is 0 Å². The lowest BCUT2D eigenvalue weighted by molar-refractivity contribution is 1.11.